The molecule has 0 bridgehead atoms. The molecule has 2 aromatic carbocycles. The van der Waals surface area contributed by atoms with Crippen LogP contribution in [0.1, 0.15) is 37.2 Å². The number of hydrogen-bond acceptors (Lipinski definition) is 3. The van der Waals surface area contributed by atoms with Gasteiger partial charge in [-0.2, -0.15) is 0 Å². The molecule has 1 spiro atoms. The number of amides is 1. The number of aromatic nitrogens is 1. The van der Waals surface area contributed by atoms with E-state index in [4.69, 9.17) is 4.74 Å². The Hall–Kier alpha value is -2.86. The summed E-state index contributed by atoms with van der Waals surface area (Å²) in [5.41, 5.74) is 2.06. The van der Waals surface area contributed by atoms with Crippen LogP contribution in [0.15, 0.2) is 54.7 Å². The predicted octanol–water partition coefficient (Wildman–Crippen LogP) is 5.19. The topological polar surface area (TPSA) is 51.2 Å². The summed E-state index contributed by atoms with van der Waals surface area (Å²) in [5, 5.41) is 3.74. The number of halogens is 2. The molecule has 2 heterocycles. The second kappa shape index (κ2) is 7.43. The Kier molecular flexibility index (Phi) is 4.74. The van der Waals surface area contributed by atoms with E-state index in [1.165, 1.54) is 18.2 Å². The zero-order chi connectivity index (χ0) is 20.7. The Labute approximate surface area is 173 Å². The number of rotatable bonds is 3. The fourth-order valence-electron chi connectivity index (χ4n) is 4.89. The number of nitrogens with zero attached hydrogens (tertiary/aromatic N) is 1. The van der Waals surface area contributed by atoms with Gasteiger partial charge in [0.25, 0.3) is 0 Å². The Bertz CT molecular complexity index is 1090. The molecule has 1 saturated carbocycles. The van der Waals surface area contributed by atoms with Crippen molar-refractivity contribution in [3.63, 3.8) is 0 Å². The van der Waals surface area contributed by atoms with Crippen molar-refractivity contribution in [3.8, 4) is 0 Å². The van der Waals surface area contributed by atoms with Crippen LogP contribution in [0.2, 0.25) is 0 Å². The van der Waals surface area contributed by atoms with E-state index in [1.54, 1.807) is 30.5 Å². The molecular formula is C24H22F2N2O2. The fraction of sp³-hybridized carbons (Fsp3) is 0.333. The summed E-state index contributed by atoms with van der Waals surface area (Å²) in [6, 6.07) is 12.5. The van der Waals surface area contributed by atoms with E-state index in [0.29, 0.717) is 12.3 Å². The molecule has 2 fully saturated rings. The number of pyridine rings is 1. The van der Waals surface area contributed by atoms with Crippen molar-refractivity contribution in [3.05, 3.63) is 71.9 Å². The number of carbonyl (C=O) groups is 1. The van der Waals surface area contributed by atoms with Gasteiger partial charge < -0.3 is 10.1 Å². The lowest BCUT2D eigenvalue weighted by molar-refractivity contribution is -0.216. The first-order chi connectivity index (χ1) is 14.5. The lowest BCUT2D eigenvalue weighted by Gasteiger charge is -2.52. The van der Waals surface area contributed by atoms with E-state index >= 15 is 0 Å². The summed E-state index contributed by atoms with van der Waals surface area (Å²) in [5.74, 6) is -0.604. The van der Waals surface area contributed by atoms with Crippen LogP contribution in [-0.4, -0.2) is 23.1 Å². The van der Waals surface area contributed by atoms with Gasteiger partial charge in [-0.15, -0.1) is 0 Å². The van der Waals surface area contributed by atoms with Gasteiger partial charge in [0.05, 0.1) is 23.6 Å². The highest BCUT2D eigenvalue weighted by atomic mass is 19.1. The molecule has 3 aromatic rings. The van der Waals surface area contributed by atoms with Crippen molar-refractivity contribution < 1.29 is 18.3 Å². The molecule has 5 rings (SSSR count). The highest BCUT2D eigenvalue weighted by molar-refractivity contribution is 5.94. The summed E-state index contributed by atoms with van der Waals surface area (Å²) in [6.07, 6.45) is 5.07. The zero-order valence-electron chi connectivity index (χ0n) is 16.4. The van der Waals surface area contributed by atoms with Crippen LogP contribution in [0.4, 0.5) is 14.5 Å². The number of anilines is 1. The number of ether oxygens (including phenoxy) is 1. The summed E-state index contributed by atoms with van der Waals surface area (Å²) >= 11 is 0. The maximum absolute atomic E-state index is 13.8. The number of benzene rings is 2. The quantitative estimate of drug-likeness (QED) is 0.649. The Morgan fingerprint density at radius 2 is 1.77 bits per heavy atom. The molecule has 1 amide bonds. The lowest BCUT2D eigenvalue weighted by Crippen LogP contribution is -2.59. The van der Waals surface area contributed by atoms with Crippen molar-refractivity contribution in [2.45, 2.75) is 37.2 Å². The van der Waals surface area contributed by atoms with Crippen LogP contribution in [-0.2, 0) is 9.53 Å². The molecule has 1 atom stereocenters. The molecular weight excluding hydrogens is 386 g/mol. The van der Waals surface area contributed by atoms with Crippen molar-refractivity contribution in [1.29, 1.82) is 0 Å². The SMILES string of the molecule is O=C(Nc1ccc(F)cc1)C1COC12CCC(c1ccnc3ccc(F)cc13)CC2. The van der Waals surface area contributed by atoms with Crippen LogP contribution < -0.4 is 5.32 Å². The molecule has 1 aliphatic heterocycles. The largest absolute Gasteiger partial charge is 0.373 e. The first-order valence-corrected chi connectivity index (χ1v) is 10.3. The maximum atomic E-state index is 13.8. The summed E-state index contributed by atoms with van der Waals surface area (Å²) in [6.45, 7) is 0.404. The minimum Gasteiger partial charge on any atom is -0.373 e. The van der Waals surface area contributed by atoms with Crippen LogP contribution in [0, 0.1) is 17.6 Å². The monoisotopic (exact) mass is 408 g/mol. The van der Waals surface area contributed by atoms with Crippen molar-refractivity contribution >= 4 is 22.5 Å². The third kappa shape index (κ3) is 3.35. The molecule has 1 aromatic heterocycles. The highest BCUT2D eigenvalue weighted by Crippen LogP contribution is 2.49. The number of hydrogen-bond donors (Lipinski definition) is 1. The van der Waals surface area contributed by atoms with Crippen LogP contribution in [0.5, 0.6) is 0 Å². The Morgan fingerprint density at radius 3 is 2.47 bits per heavy atom. The average molecular weight is 408 g/mol. The molecule has 0 radical (unpaired) electrons. The van der Waals surface area contributed by atoms with Crippen LogP contribution in [0.3, 0.4) is 0 Å². The van der Waals surface area contributed by atoms with Gasteiger partial charge in [0.1, 0.15) is 11.6 Å². The van der Waals surface area contributed by atoms with Gasteiger partial charge in [0, 0.05) is 17.3 Å². The lowest BCUT2D eigenvalue weighted by atomic mass is 9.67. The molecule has 1 aliphatic carbocycles. The summed E-state index contributed by atoms with van der Waals surface area (Å²) in [7, 11) is 0. The van der Waals surface area contributed by atoms with Crippen molar-refractivity contribution in [2.75, 3.05) is 11.9 Å². The Balaban J connectivity index is 1.29. The Morgan fingerprint density at radius 1 is 1.03 bits per heavy atom. The van der Waals surface area contributed by atoms with Gasteiger partial charge >= 0.3 is 0 Å². The molecule has 4 nitrogen and oxygen atoms in total. The summed E-state index contributed by atoms with van der Waals surface area (Å²) < 4.78 is 32.8. The van der Waals surface area contributed by atoms with Crippen LogP contribution in [0.25, 0.3) is 10.9 Å². The van der Waals surface area contributed by atoms with E-state index in [1.807, 2.05) is 6.07 Å². The standard InChI is InChI=1S/C24H22F2N2O2/c25-16-1-4-18(5-2-16)28-23(29)21-14-30-24(21)10-7-15(8-11-24)19-9-12-27-22-6-3-17(26)13-20(19)22/h1-6,9,12-13,15,21H,7-8,10-11,14H2,(H,28,29). The van der Waals surface area contributed by atoms with E-state index < -0.39 is 5.60 Å². The third-order valence-corrected chi connectivity index (χ3v) is 6.61. The fourth-order valence-corrected chi connectivity index (χ4v) is 4.89. The molecule has 1 N–H and O–H groups in total. The third-order valence-electron chi connectivity index (χ3n) is 6.61. The van der Waals surface area contributed by atoms with Gasteiger partial charge in [0.15, 0.2) is 0 Å². The summed E-state index contributed by atoms with van der Waals surface area (Å²) in [4.78, 5) is 17.1. The second-order valence-corrected chi connectivity index (χ2v) is 8.26. The maximum Gasteiger partial charge on any atom is 0.232 e. The normalized spacial score (nSPS) is 25.8. The van der Waals surface area contributed by atoms with Crippen LogP contribution >= 0.6 is 0 Å². The number of carbonyl (C=O) groups excluding carboxylic acids is 1. The zero-order valence-corrected chi connectivity index (χ0v) is 16.4. The minimum absolute atomic E-state index is 0.0808. The number of nitrogens with one attached hydrogen (secondary N) is 1. The second-order valence-electron chi connectivity index (χ2n) is 8.26. The predicted molar refractivity (Wildman–Crippen MR) is 110 cm³/mol. The first kappa shape index (κ1) is 19.1. The average Bonchev–Trinajstić information content (AvgIpc) is 2.74. The molecule has 1 unspecified atom stereocenters. The van der Waals surface area contributed by atoms with E-state index in [9.17, 15) is 13.6 Å². The van der Waals surface area contributed by atoms with Gasteiger partial charge in [0.2, 0.25) is 5.91 Å². The smallest absolute Gasteiger partial charge is 0.232 e. The molecule has 30 heavy (non-hydrogen) atoms. The van der Waals surface area contributed by atoms with Gasteiger partial charge in [-0.05, 0) is 85.7 Å². The number of fused-ring (bicyclic) bond motifs is 1. The first-order valence-electron chi connectivity index (χ1n) is 10.3. The minimum atomic E-state index is -0.436. The highest BCUT2D eigenvalue weighted by Gasteiger charge is 2.53. The van der Waals surface area contributed by atoms with E-state index in [2.05, 4.69) is 10.3 Å². The molecule has 6 heteroatoms. The van der Waals surface area contributed by atoms with Gasteiger partial charge in [-0.25, -0.2) is 8.78 Å². The van der Waals surface area contributed by atoms with Crippen molar-refractivity contribution in [2.24, 2.45) is 5.92 Å². The molecule has 1 saturated heterocycles. The molecule has 154 valence electrons. The molecule has 2 aliphatic rings. The van der Waals surface area contributed by atoms with Gasteiger partial charge in [-0.1, -0.05) is 0 Å². The van der Waals surface area contributed by atoms with E-state index in [0.717, 1.165) is 42.1 Å². The van der Waals surface area contributed by atoms with Gasteiger partial charge in [-0.3, -0.25) is 9.78 Å². The van der Waals surface area contributed by atoms with Crippen molar-refractivity contribution in [1.82, 2.24) is 4.98 Å². The van der Waals surface area contributed by atoms with E-state index in [-0.39, 0.29) is 29.4 Å².